The van der Waals surface area contributed by atoms with Crippen LogP contribution >= 0.6 is 0 Å². The van der Waals surface area contributed by atoms with Gasteiger partial charge < -0.3 is 14.0 Å². The van der Waals surface area contributed by atoms with Crippen molar-refractivity contribution in [3.05, 3.63) is 46.8 Å². The van der Waals surface area contributed by atoms with E-state index in [1.807, 2.05) is 24.5 Å². The number of rotatable bonds is 6. The predicted octanol–water partition coefficient (Wildman–Crippen LogP) is 2.61. The normalized spacial score (nSPS) is 17.9. The lowest BCUT2D eigenvalue weighted by molar-refractivity contribution is 0.0918. The van der Waals surface area contributed by atoms with Crippen molar-refractivity contribution in [1.82, 2.24) is 4.57 Å². The molecule has 0 spiro atoms. The lowest BCUT2D eigenvalue weighted by Gasteiger charge is -2.16. The maximum Gasteiger partial charge on any atom is 0.202 e. The number of ketones is 1. The number of ether oxygens (including phenoxy) is 2. The Labute approximate surface area is 164 Å². The second kappa shape index (κ2) is 7.68. The van der Waals surface area contributed by atoms with Crippen molar-refractivity contribution in [3.8, 4) is 17.6 Å². The van der Waals surface area contributed by atoms with Gasteiger partial charge in [-0.15, -0.1) is 0 Å². The lowest BCUT2D eigenvalue weighted by Crippen LogP contribution is -2.16. The largest absolute Gasteiger partial charge is 0.493 e. The van der Waals surface area contributed by atoms with Crippen molar-refractivity contribution < 1.29 is 22.7 Å². The van der Waals surface area contributed by atoms with Gasteiger partial charge in [-0.3, -0.25) is 4.79 Å². The predicted molar refractivity (Wildman–Crippen MR) is 104 cm³/mol. The average Bonchev–Trinajstić information content (AvgIpc) is 3.17. The molecule has 1 fully saturated rings. The zero-order valence-corrected chi connectivity index (χ0v) is 16.9. The third-order valence-corrected chi connectivity index (χ3v) is 6.76. The van der Waals surface area contributed by atoms with Gasteiger partial charge in [-0.25, -0.2) is 8.42 Å². The minimum absolute atomic E-state index is 0.107. The third kappa shape index (κ3) is 3.90. The molecule has 0 bridgehead atoms. The van der Waals surface area contributed by atoms with Crippen LogP contribution in [0.3, 0.4) is 0 Å². The van der Waals surface area contributed by atoms with Crippen LogP contribution in [0.15, 0.2) is 24.3 Å². The smallest absolute Gasteiger partial charge is 0.202 e. The van der Waals surface area contributed by atoms with Crippen molar-refractivity contribution in [3.63, 3.8) is 0 Å². The first-order valence-corrected chi connectivity index (χ1v) is 10.7. The molecule has 0 aliphatic carbocycles. The van der Waals surface area contributed by atoms with Crippen molar-refractivity contribution >= 4 is 15.6 Å². The summed E-state index contributed by atoms with van der Waals surface area (Å²) in [6.45, 7) is 3.52. The van der Waals surface area contributed by atoms with E-state index < -0.39 is 9.84 Å². The number of aromatic nitrogens is 1. The van der Waals surface area contributed by atoms with Gasteiger partial charge in [-0.2, -0.15) is 5.26 Å². The minimum Gasteiger partial charge on any atom is -0.493 e. The Morgan fingerprint density at radius 3 is 2.64 bits per heavy atom. The summed E-state index contributed by atoms with van der Waals surface area (Å²) >= 11 is 0. The highest BCUT2D eigenvalue weighted by Crippen LogP contribution is 2.30. The van der Waals surface area contributed by atoms with Crippen molar-refractivity contribution in [2.45, 2.75) is 26.3 Å². The zero-order valence-electron chi connectivity index (χ0n) is 16.1. The van der Waals surface area contributed by atoms with Crippen LogP contribution in [0, 0.1) is 25.2 Å². The molecule has 2 heterocycles. The van der Waals surface area contributed by atoms with Crippen LogP contribution < -0.4 is 9.47 Å². The summed E-state index contributed by atoms with van der Waals surface area (Å²) < 4.78 is 36.4. The molecule has 8 heteroatoms. The molecule has 0 N–H and O–H groups in total. The second-order valence-corrected chi connectivity index (χ2v) is 9.13. The van der Waals surface area contributed by atoms with Gasteiger partial charge in [0.2, 0.25) is 5.78 Å². The van der Waals surface area contributed by atoms with E-state index in [4.69, 9.17) is 14.7 Å². The molecule has 28 heavy (non-hydrogen) atoms. The number of Topliss-reactive ketones (excluding diaryl/α,β-unsaturated/α-hetero) is 1. The molecule has 1 atom stereocenters. The number of nitrogens with zero attached hydrogens (tertiary/aromatic N) is 2. The molecule has 148 valence electrons. The number of carbonyl (C=O) groups excluding carboxylic acids is 1. The highest BCUT2D eigenvalue weighted by Gasteiger charge is 2.31. The maximum absolute atomic E-state index is 12.7. The highest BCUT2D eigenvalue weighted by molar-refractivity contribution is 7.91. The van der Waals surface area contributed by atoms with Gasteiger partial charge in [0.1, 0.15) is 0 Å². The van der Waals surface area contributed by atoms with Crippen LogP contribution in [0.4, 0.5) is 0 Å². The number of hydrogen-bond acceptors (Lipinski definition) is 6. The summed E-state index contributed by atoms with van der Waals surface area (Å²) in [5, 5.41) is 8.96. The summed E-state index contributed by atoms with van der Waals surface area (Å²) in [5.74, 6) is 0.848. The van der Waals surface area contributed by atoms with E-state index in [9.17, 15) is 13.2 Å². The van der Waals surface area contributed by atoms with Crippen molar-refractivity contribution in [1.29, 1.82) is 5.26 Å². The summed E-state index contributed by atoms with van der Waals surface area (Å²) in [5.41, 5.74) is 2.57. The Morgan fingerprint density at radius 1 is 1.29 bits per heavy atom. The number of methoxy groups -OCH3 is 1. The molecule has 2 aromatic rings. The first-order valence-electron chi connectivity index (χ1n) is 8.88. The molecule has 1 saturated heterocycles. The van der Waals surface area contributed by atoms with Crippen LogP contribution in [0.5, 0.6) is 11.5 Å². The van der Waals surface area contributed by atoms with E-state index in [-0.39, 0.29) is 29.9 Å². The number of nitriles is 1. The van der Waals surface area contributed by atoms with E-state index in [1.165, 1.54) is 7.11 Å². The van der Waals surface area contributed by atoms with E-state index in [0.717, 1.165) is 11.4 Å². The molecule has 1 aromatic carbocycles. The Hall–Kier alpha value is -2.79. The molecular weight excluding hydrogens is 380 g/mol. The molecule has 0 unspecified atom stereocenters. The number of carbonyl (C=O) groups is 1. The molecule has 1 aliphatic rings. The van der Waals surface area contributed by atoms with E-state index in [0.29, 0.717) is 29.0 Å². The van der Waals surface area contributed by atoms with Crippen LogP contribution in [0.1, 0.15) is 39.8 Å². The van der Waals surface area contributed by atoms with Crippen molar-refractivity contribution in [2.24, 2.45) is 0 Å². The summed E-state index contributed by atoms with van der Waals surface area (Å²) in [6.07, 6.45) is 0.561. The molecule has 0 radical (unpaired) electrons. The summed E-state index contributed by atoms with van der Waals surface area (Å²) in [6, 6.07) is 8.40. The zero-order chi connectivity index (χ0) is 20.5. The number of hydrogen-bond donors (Lipinski definition) is 0. The highest BCUT2D eigenvalue weighted by atomic mass is 32.2. The van der Waals surface area contributed by atoms with Gasteiger partial charge in [-0.1, -0.05) is 0 Å². The monoisotopic (exact) mass is 402 g/mol. The molecule has 3 rings (SSSR count). The summed E-state index contributed by atoms with van der Waals surface area (Å²) in [4.78, 5) is 12.7. The first-order chi connectivity index (χ1) is 13.3. The lowest BCUT2D eigenvalue weighted by atomic mass is 10.1. The number of benzene rings is 1. The Morgan fingerprint density at radius 2 is 2.04 bits per heavy atom. The Bertz CT molecular complexity index is 1060. The van der Waals surface area contributed by atoms with E-state index >= 15 is 0 Å². The fourth-order valence-electron chi connectivity index (χ4n) is 3.68. The standard InChI is InChI=1S/C20H22N2O5S/c1-13-8-17(14(2)22(13)16-6-7-28(24,25)12-16)18(23)11-27-19-5-4-15(10-21)9-20(19)26-3/h4-5,8-9,16H,6-7,11-12H2,1-3H3/t16-/m1/s1. The number of sulfone groups is 1. The van der Waals surface area contributed by atoms with Gasteiger partial charge in [0.15, 0.2) is 27.9 Å². The maximum atomic E-state index is 12.7. The topological polar surface area (TPSA) is 98.4 Å². The first kappa shape index (κ1) is 20.0. The molecule has 1 aliphatic heterocycles. The van der Waals surface area contributed by atoms with Gasteiger partial charge in [0, 0.05) is 29.1 Å². The fourth-order valence-corrected chi connectivity index (χ4v) is 5.38. The van der Waals surface area contributed by atoms with Crippen LogP contribution in [0.2, 0.25) is 0 Å². The molecular formula is C20H22N2O5S. The van der Waals surface area contributed by atoms with E-state index in [2.05, 4.69) is 0 Å². The number of aryl methyl sites for hydroxylation is 1. The van der Waals surface area contributed by atoms with Crippen molar-refractivity contribution in [2.75, 3.05) is 25.2 Å². The fraction of sp³-hybridized carbons (Fsp3) is 0.400. The Balaban J connectivity index is 1.77. The van der Waals surface area contributed by atoms with Gasteiger partial charge in [0.25, 0.3) is 0 Å². The quantitative estimate of drug-likeness (QED) is 0.689. The summed E-state index contributed by atoms with van der Waals surface area (Å²) in [7, 11) is -1.55. The third-order valence-electron chi connectivity index (χ3n) is 5.01. The molecule has 7 nitrogen and oxygen atoms in total. The van der Waals surface area contributed by atoms with E-state index in [1.54, 1.807) is 24.3 Å². The van der Waals surface area contributed by atoms with Gasteiger partial charge >= 0.3 is 0 Å². The van der Waals surface area contributed by atoms with Crippen LogP contribution in [-0.4, -0.2) is 44.0 Å². The molecule has 1 aromatic heterocycles. The van der Waals surface area contributed by atoms with Crippen LogP contribution in [-0.2, 0) is 9.84 Å². The van der Waals surface area contributed by atoms with Gasteiger partial charge in [0.05, 0.1) is 30.2 Å². The SMILES string of the molecule is COc1cc(C#N)ccc1OCC(=O)c1cc(C)n([C@@H]2CCS(=O)(=O)C2)c1C. The molecule has 0 amide bonds. The van der Waals surface area contributed by atoms with Crippen LogP contribution in [0.25, 0.3) is 0 Å². The Kier molecular flexibility index (Phi) is 5.47. The molecule has 0 saturated carbocycles. The second-order valence-electron chi connectivity index (χ2n) is 6.90. The minimum atomic E-state index is -3.02. The average molecular weight is 402 g/mol. The van der Waals surface area contributed by atoms with Gasteiger partial charge in [-0.05, 0) is 38.5 Å².